The second kappa shape index (κ2) is 7.58. The van der Waals surface area contributed by atoms with Crippen LogP contribution < -0.4 is 15.0 Å². The van der Waals surface area contributed by atoms with Gasteiger partial charge >= 0.3 is 0 Å². The molecular weight excluding hydrogens is 260 g/mol. The summed E-state index contributed by atoms with van der Waals surface area (Å²) in [6, 6.07) is 16.7. The average molecular weight is 284 g/mol. The van der Waals surface area contributed by atoms with E-state index in [1.54, 1.807) is 0 Å². The Morgan fingerprint density at radius 2 is 1.71 bits per heavy atom. The van der Waals surface area contributed by atoms with Gasteiger partial charge < -0.3 is 15.0 Å². The summed E-state index contributed by atoms with van der Waals surface area (Å²) in [5, 5.41) is 3.45. The maximum Gasteiger partial charge on any atom is 0.142 e. The summed E-state index contributed by atoms with van der Waals surface area (Å²) in [5.41, 5.74) is 3.51. The minimum atomic E-state index is 0.746. The molecule has 0 heterocycles. The largest absolute Gasteiger partial charge is 0.491 e. The lowest BCUT2D eigenvalue weighted by Gasteiger charge is -2.14. The Labute approximate surface area is 127 Å². The summed E-state index contributed by atoms with van der Waals surface area (Å²) in [6.07, 6.45) is 1.01. The van der Waals surface area contributed by atoms with Crippen LogP contribution in [0, 0.1) is 0 Å². The zero-order valence-corrected chi connectivity index (χ0v) is 13.1. The fraction of sp³-hybridized carbons (Fsp3) is 0.333. The Hall–Kier alpha value is -2.16. The molecule has 2 rings (SSSR count). The zero-order chi connectivity index (χ0) is 15.1. The molecule has 0 aromatic heterocycles. The average Bonchev–Trinajstić information content (AvgIpc) is 2.52. The molecule has 21 heavy (non-hydrogen) atoms. The van der Waals surface area contributed by atoms with Gasteiger partial charge in [-0.15, -0.1) is 0 Å². The van der Waals surface area contributed by atoms with Crippen LogP contribution in [0.4, 0.5) is 11.4 Å². The summed E-state index contributed by atoms with van der Waals surface area (Å²) >= 11 is 0. The van der Waals surface area contributed by atoms with Crippen LogP contribution in [-0.4, -0.2) is 20.7 Å². The number of hydrogen-bond acceptors (Lipinski definition) is 3. The standard InChI is InChI=1S/C18H24N2O/c1-4-13-21-18-8-6-5-7-17(18)19-14-15-9-11-16(12-10-15)20(2)3/h5-12,19H,4,13-14H2,1-3H3. The van der Waals surface area contributed by atoms with E-state index in [-0.39, 0.29) is 0 Å². The number of nitrogens with zero attached hydrogens (tertiary/aromatic N) is 1. The van der Waals surface area contributed by atoms with E-state index in [0.29, 0.717) is 0 Å². The molecule has 0 aliphatic heterocycles. The van der Waals surface area contributed by atoms with Crippen molar-refractivity contribution >= 4 is 11.4 Å². The van der Waals surface area contributed by atoms with Gasteiger partial charge in [0.25, 0.3) is 0 Å². The molecule has 112 valence electrons. The number of rotatable bonds is 7. The van der Waals surface area contributed by atoms with Crippen LogP contribution in [0.3, 0.4) is 0 Å². The van der Waals surface area contributed by atoms with Gasteiger partial charge in [-0.05, 0) is 36.2 Å². The summed E-state index contributed by atoms with van der Waals surface area (Å²) < 4.78 is 5.76. The molecule has 0 fully saturated rings. The second-order valence-electron chi connectivity index (χ2n) is 5.26. The topological polar surface area (TPSA) is 24.5 Å². The van der Waals surface area contributed by atoms with Gasteiger partial charge in [-0.25, -0.2) is 0 Å². The lowest BCUT2D eigenvalue weighted by atomic mass is 10.2. The number of anilines is 2. The number of benzene rings is 2. The van der Waals surface area contributed by atoms with E-state index in [0.717, 1.165) is 31.0 Å². The van der Waals surface area contributed by atoms with Gasteiger partial charge in [0.2, 0.25) is 0 Å². The minimum absolute atomic E-state index is 0.746. The molecule has 0 saturated heterocycles. The first-order chi connectivity index (χ1) is 10.2. The van der Waals surface area contributed by atoms with Crippen molar-refractivity contribution in [3.8, 4) is 5.75 Å². The van der Waals surface area contributed by atoms with Crippen molar-refractivity contribution in [3.05, 3.63) is 54.1 Å². The van der Waals surface area contributed by atoms with Gasteiger partial charge in [0.15, 0.2) is 0 Å². The van der Waals surface area contributed by atoms with E-state index >= 15 is 0 Å². The third-order valence-corrected chi connectivity index (χ3v) is 3.28. The molecule has 3 nitrogen and oxygen atoms in total. The first-order valence-corrected chi connectivity index (χ1v) is 7.42. The third-order valence-electron chi connectivity index (χ3n) is 3.28. The molecule has 0 aliphatic carbocycles. The van der Waals surface area contributed by atoms with Crippen molar-refractivity contribution < 1.29 is 4.74 Å². The molecular formula is C18H24N2O. The number of nitrogens with one attached hydrogen (secondary N) is 1. The predicted molar refractivity (Wildman–Crippen MR) is 90.3 cm³/mol. The van der Waals surface area contributed by atoms with E-state index in [9.17, 15) is 0 Å². The van der Waals surface area contributed by atoms with Gasteiger partial charge in [-0.1, -0.05) is 31.2 Å². The fourth-order valence-electron chi connectivity index (χ4n) is 2.06. The quantitative estimate of drug-likeness (QED) is 0.826. The summed E-state index contributed by atoms with van der Waals surface area (Å²) in [7, 11) is 4.10. The molecule has 2 aromatic rings. The highest BCUT2D eigenvalue weighted by atomic mass is 16.5. The van der Waals surface area contributed by atoms with Crippen LogP contribution in [0.15, 0.2) is 48.5 Å². The number of para-hydroxylation sites is 2. The Bertz CT molecular complexity index is 549. The van der Waals surface area contributed by atoms with Crippen LogP contribution in [0.1, 0.15) is 18.9 Å². The molecule has 3 heteroatoms. The highest BCUT2D eigenvalue weighted by molar-refractivity contribution is 5.56. The van der Waals surface area contributed by atoms with Gasteiger partial charge in [-0.2, -0.15) is 0 Å². The van der Waals surface area contributed by atoms with Gasteiger partial charge in [0, 0.05) is 26.3 Å². The Balaban J connectivity index is 1.99. The number of ether oxygens (including phenoxy) is 1. The van der Waals surface area contributed by atoms with Gasteiger partial charge in [0.1, 0.15) is 5.75 Å². The van der Waals surface area contributed by atoms with E-state index in [2.05, 4.69) is 61.6 Å². The molecule has 0 atom stereocenters. The first-order valence-electron chi connectivity index (χ1n) is 7.42. The first kappa shape index (κ1) is 15.2. The van der Waals surface area contributed by atoms with Gasteiger partial charge in [-0.3, -0.25) is 0 Å². The SMILES string of the molecule is CCCOc1ccccc1NCc1ccc(N(C)C)cc1. The molecule has 0 amide bonds. The Morgan fingerprint density at radius 3 is 2.38 bits per heavy atom. The van der Waals surface area contributed by atoms with Crippen LogP contribution >= 0.6 is 0 Å². The molecule has 0 saturated carbocycles. The normalized spacial score (nSPS) is 10.2. The predicted octanol–water partition coefficient (Wildman–Crippen LogP) is 4.15. The van der Waals surface area contributed by atoms with Crippen molar-refractivity contribution in [1.82, 2.24) is 0 Å². The van der Waals surface area contributed by atoms with E-state index in [1.807, 2.05) is 18.2 Å². The highest BCUT2D eigenvalue weighted by Crippen LogP contribution is 2.24. The third kappa shape index (κ3) is 4.42. The van der Waals surface area contributed by atoms with Crippen molar-refractivity contribution in [1.29, 1.82) is 0 Å². The summed E-state index contributed by atoms with van der Waals surface area (Å²) in [6.45, 7) is 3.65. The van der Waals surface area contributed by atoms with Crippen molar-refractivity contribution in [3.63, 3.8) is 0 Å². The highest BCUT2D eigenvalue weighted by Gasteiger charge is 2.02. The molecule has 0 aliphatic rings. The van der Waals surface area contributed by atoms with Crippen LogP contribution in [0.5, 0.6) is 5.75 Å². The second-order valence-corrected chi connectivity index (χ2v) is 5.26. The summed E-state index contributed by atoms with van der Waals surface area (Å²) in [5.74, 6) is 0.921. The molecule has 0 bridgehead atoms. The lowest BCUT2D eigenvalue weighted by molar-refractivity contribution is 0.319. The van der Waals surface area contributed by atoms with Crippen LogP contribution in [-0.2, 0) is 6.54 Å². The molecule has 0 unspecified atom stereocenters. The van der Waals surface area contributed by atoms with Crippen molar-refractivity contribution in [2.45, 2.75) is 19.9 Å². The molecule has 1 N–H and O–H groups in total. The summed E-state index contributed by atoms with van der Waals surface area (Å²) in [4.78, 5) is 2.10. The smallest absolute Gasteiger partial charge is 0.142 e. The van der Waals surface area contributed by atoms with E-state index < -0.39 is 0 Å². The Morgan fingerprint density at radius 1 is 1.00 bits per heavy atom. The fourth-order valence-corrected chi connectivity index (χ4v) is 2.06. The Kier molecular flexibility index (Phi) is 5.50. The maximum absolute atomic E-state index is 5.76. The molecule has 2 aromatic carbocycles. The van der Waals surface area contributed by atoms with E-state index in [4.69, 9.17) is 4.74 Å². The van der Waals surface area contributed by atoms with Crippen molar-refractivity contribution in [2.75, 3.05) is 30.9 Å². The van der Waals surface area contributed by atoms with Crippen LogP contribution in [0.2, 0.25) is 0 Å². The van der Waals surface area contributed by atoms with Crippen molar-refractivity contribution in [2.24, 2.45) is 0 Å². The minimum Gasteiger partial charge on any atom is -0.491 e. The number of hydrogen-bond donors (Lipinski definition) is 1. The zero-order valence-electron chi connectivity index (χ0n) is 13.1. The molecule has 0 radical (unpaired) electrons. The maximum atomic E-state index is 5.76. The van der Waals surface area contributed by atoms with Crippen LogP contribution in [0.25, 0.3) is 0 Å². The lowest BCUT2D eigenvalue weighted by Crippen LogP contribution is -2.08. The van der Waals surface area contributed by atoms with E-state index in [1.165, 1.54) is 11.3 Å². The molecule has 0 spiro atoms. The monoisotopic (exact) mass is 284 g/mol. The van der Waals surface area contributed by atoms with Gasteiger partial charge in [0.05, 0.1) is 12.3 Å².